The van der Waals surface area contributed by atoms with E-state index >= 15 is 0 Å². The molecule has 1 N–H and O–H groups in total. The fraction of sp³-hybridized carbons (Fsp3) is 0.562. The van der Waals surface area contributed by atoms with Gasteiger partial charge in [-0.25, -0.2) is 0 Å². The summed E-state index contributed by atoms with van der Waals surface area (Å²) in [4.78, 5) is 14.3. The minimum absolute atomic E-state index is 0.0385. The zero-order valence-electron chi connectivity index (χ0n) is 11.8. The van der Waals surface area contributed by atoms with Gasteiger partial charge in [-0.2, -0.15) is 0 Å². The number of aliphatic hydroxyl groups is 1. The fourth-order valence-corrected chi connectivity index (χ4v) is 2.92. The average molecular weight is 275 g/mol. The van der Waals surface area contributed by atoms with Crippen LogP contribution in [0.1, 0.15) is 31.4 Å². The van der Waals surface area contributed by atoms with E-state index in [2.05, 4.69) is 0 Å². The molecule has 1 heterocycles. The number of β-amino-alcohol motifs (C(OH)–C–C–N with tert-alkyl or cyclic N) is 1. The summed E-state index contributed by atoms with van der Waals surface area (Å²) in [5, 5.41) is 10.3. The van der Waals surface area contributed by atoms with Crippen LogP contribution in [0.2, 0.25) is 0 Å². The summed E-state index contributed by atoms with van der Waals surface area (Å²) in [6, 6.07) is 9.55. The Balaban J connectivity index is 1.68. The molecular weight excluding hydrogens is 254 g/mol. The molecule has 0 aromatic heterocycles. The Labute approximate surface area is 119 Å². The molecule has 1 unspecified atom stereocenters. The highest BCUT2D eigenvalue weighted by atomic mass is 16.5. The monoisotopic (exact) mass is 275 g/mol. The van der Waals surface area contributed by atoms with Gasteiger partial charge < -0.3 is 14.7 Å². The van der Waals surface area contributed by atoms with Gasteiger partial charge >= 0.3 is 0 Å². The minimum Gasteiger partial charge on any atom is -0.386 e. The summed E-state index contributed by atoms with van der Waals surface area (Å²) < 4.78 is 5.62. The average Bonchev–Trinajstić information content (AvgIpc) is 3.26. The van der Waals surface area contributed by atoms with E-state index in [-0.39, 0.29) is 5.91 Å². The van der Waals surface area contributed by atoms with Gasteiger partial charge in [0.25, 0.3) is 5.91 Å². The quantitative estimate of drug-likeness (QED) is 0.890. The van der Waals surface area contributed by atoms with Crippen LogP contribution in [0.3, 0.4) is 0 Å². The number of likely N-dealkylation sites (tertiary alicyclic amines) is 1. The lowest BCUT2D eigenvalue weighted by atomic mass is 9.88. The topological polar surface area (TPSA) is 49.8 Å². The van der Waals surface area contributed by atoms with E-state index in [1.807, 2.05) is 37.3 Å². The van der Waals surface area contributed by atoms with Gasteiger partial charge in [0.2, 0.25) is 0 Å². The summed E-state index contributed by atoms with van der Waals surface area (Å²) in [6.07, 6.45) is 1.63. The number of amides is 1. The van der Waals surface area contributed by atoms with Gasteiger partial charge in [0.15, 0.2) is 6.10 Å². The van der Waals surface area contributed by atoms with Crippen molar-refractivity contribution in [3.8, 4) is 0 Å². The molecule has 0 spiro atoms. The number of hydrogen-bond donors (Lipinski definition) is 1. The SMILES string of the molecule is CCOC(C(=O)N1CC(O)(C2CC2)C1)c1ccccc1. The highest BCUT2D eigenvalue weighted by Gasteiger charge is 2.54. The Morgan fingerprint density at radius 1 is 1.40 bits per heavy atom. The van der Waals surface area contributed by atoms with E-state index in [4.69, 9.17) is 4.74 Å². The second-order valence-corrected chi connectivity index (χ2v) is 5.82. The number of hydrogen-bond acceptors (Lipinski definition) is 3. The largest absolute Gasteiger partial charge is 0.386 e. The van der Waals surface area contributed by atoms with Crippen molar-refractivity contribution >= 4 is 5.91 Å². The van der Waals surface area contributed by atoms with E-state index in [0.717, 1.165) is 18.4 Å². The summed E-state index contributed by atoms with van der Waals surface area (Å²) in [7, 11) is 0. The first-order valence-corrected chi connectivity index (χ1v) is 7.32. The second kappa shape index (κ2) is 5.19. The molecule has 4 nitrogen and oxygen atoms in total. The number of ether oxygens (including phenoxy) is 1. The molecule has 1 aliphatic heterocycles. The van der Waals surface area contributed by atoms with Gasteiger partial charge in [-0.1, -0.05) is 30.3 Å². The molecular formula is C16H21NO3. The third-order valence-electron chi connectivity index (χ3n) is 4.24. The maximum atomic E-state index is 12.5. The van der Waals surface area contributed by atoms with Crippen molar-refractivity contribution in [2.75, 3.05) is 19.7 Å². The molecule has 3 rings (SSSR count). The van der Waals surface area contributed by atoms with Crippen LogP contribution in [0.15, 0.2) is 30.3 Å². The molecule has 1 saturated heterocycles. The van der Waals surface area contributed by atoms with E-state index < -0.39 is 11.7 Å². The number of carbonyl (C=O) groups excluding carboxylic acids is 1. The molecule has 4 heteroatoms. The minimum atomic E-state index is -0.636. The molecule has 108 valence electrons. The van der Waals surface area contributed by atoms with Crippen molar-refractivity contribution in [1.82, 2.24) is 4.90 Å². The Morgan fingerprint density at radius 2 is 2.05 bits per heavy atom. The summed E-state index contributed by atoms with van der Waals surface area (Å²) in [5.41, 5.74) is 0.240. The number of benzene rings is 1. The standard InChI is InChI=1S/C16H21NO3/c1-2-20-14(12-6-4-3-5-7-12)15(18)17-10-16(19,11-17)13-8-9-13/h3-7,13-14,19H,2,8-11H2,1H3. The molecule has 1 saturated carbocycles. The van der Waals surface area contributed by atoms with E-state index in [1.54, 1.807) is 4.90 Å². The van der Waals surface area contributed by atoms with Gasteiger partial charge in [0.05, 0.1) is 13.1 Å². The van der Waals surface area contributed by atoms with Crippen LogP contribution in [-0.4, -0.2) is 41.2 Å². The Morgan fingerprint density at radius 3 is 2.60 bits per heavy atom. The smallest absolute Gasteiger partial charge is 0.256 e. The van der Waals surface area contributed by atoms with Crippen LogP contribution in [0.4, 0.5) is 0 Å². The van der Waals surface area contributed by atoms with Crippen molar-refractivity contribution in [1.29, 1.82) is 0 Å². The lowest BCUT2D eigenvalue weighted by molar-refractivity contribution is -0.170. The zero-order chi connectivity index (χ0) is 14.2. The first-order chi connectivity index (χ1) is 9.64. The number of rotatable bonds is 5. The van der Waals surface area contributed by atoms with Gasteiger partial charge in [-0.05, 0) is 31.2 Å². The predicted octanol–water partition coefficient (Wildman–Crippen LogP) is 1.75. The molecule has 2 fully saturated rings. The van der Waals surface area contributed by atoms with E-state index in [0.29, 0.717) is 25.6 Å². The van der Waals surface area contributed by atoms with Crippen LogP contribution in [0.5, 0.6) is 0 Å². The highest BCUT2D eigenvalue weighted by Crippen LogP contribution is 2.45. The Kier molecular flexibility index (Phi) is 3.52. The predicted molar refractivity (Wildman–Crippen MR) is 75.1 cm³/mol. The van der Waals surface area contributed by atoms with Crippen LogP contribution in [0.25, 0.3) is 0 Å². The molecule has 1 atom stereocenters. The molecule has 2 aliphatic rings. The Hall–Kier alpha value is -1.39. The maximum absolute atomic E-state index is 12.5. The van der Waals surface area contributed by atoms with Crippen LogP contribution in [0, 0.1) is 5.92 Å². The van der Waals surface area contributed by atoms with E-state index in [9.17, 15) is 9.90 Å². The van der Waals surface area contributed by atoms with Crippen LogP contribution < -0.4 is 0 Å². The molecule has 0 bridgehead atoms. The summed E-state index contributed by atoms with van der Waals surface area (Å²) in [5.74, 6) is 0.359. The molecule has 0 radical (unpaired) electrons. The lowest BCUT2D eigenvalue weighted by Gasteiger charge is -2.47. The van der Waals surface area contributed by atoms with Crippen LogP contribution >= 0.6 is 0 Å². The van der Waals surface area contributed by atoms with Crippen molar-refractivity contribution < 1.29 is 14.6 Å². The summed E-state index contributed by atoms with van der Waals surface area (Å²) in [6.45, 7) is 3.28. The van der Waals surface area contributed by atoms with Gasteiger partial charge in [-0.15, -0.1) is 0 Å². The van der Waals surface area contributed by atoms with Gasteiger partial charge in [-0.3, -0.25) is 4.79 Å². The molecule has 1 aromatic carbocycles. The van der Waals surface area contributed by atoms with Crippen molar-refractivity contribution in [3.05, 3.63) is 35.9 Å². The van der Waals surface area contributed by atoms with Crippen LogP contribution in [-0.2, 0) is 9.53 Å². The Bertz CT molecular complexity index is 478. The molecule has 1 aliphatic carbocycles. The molecule has 20 heavy (non-hydrogen) atoms. The third-order valence-corrected chi connectivity index (χ3v) is 4.24. The van der Waals surface area contributed by atoms with Crippen molar-refractivity contribution in [2.24, 2.45) is 5.92 Å². The number of carbonyl (C=O) groups is 1. The third kappa shape index (κ3) is 2.45. The lowest BCUT2D eigenvalue weighted by Crippen LogP contribution is -2.65. The zero-order valence-corrected chi connectivity index (χ0v) is 11.8. The van der Waals surface area contributed by atoms with Crippen molar-refractivity contribution in [2.45, 2.75) is 31.5 Å². The van der Waals surface area contributed by atoms with Gasteiger partial charge in [0.1, 0.15) is 5.60 Å². The summed E-state index contributed by atoms with van der Waals surface area (Å²) >= 11 is 0. The molecule has 1 aromatic rings. The first-order valence-electron chi connectivity index (χ1n) is 7.32. The normalized spacial score (nSPS) is 22.2. The highest BCUT2D eigenvalue weighted by molar-refractivity contribution is 5.83. The van der Waals surface area contributed by atoms with Crippen molar-refractivity contribution in [3.63, 3.8) is 0 Å². The second-order valence-electron chi connectivity index (χ2n) is 5.82. The maximum Gasteiger partial charge on any atom is 0.256 e. The number of nitrogens with zero attached hydrogens (tertiary/aromatic N) is 1. The first kappa shape index (κ1) is 13.6. The van der Waals surface area contributed by atoms with Gasteiger partial charge in [0, 0.05) is 6.61 Å². The van der Waals surface area contributed by atoms with E-state index in [1.165, 1.54) is 0 Å². The molecule has 1 amide bonds. The fourth-order valence-electron chi connectivity index (χ4n) is 2.92.